The Morgan fingerprint density at radius 1 is 1.23 bits per heavy atom. The molecular weight excluding hydrogens is 414 g/mol. The Bertz CT molecular complexity index is 1130. The van der Waals surface area contributed by atoms with Gasteiger partial charge >= 0.3 is 5.97 Å². The van der Waals surface area contributed by atoms with Crippen molar-refractivity contribution >= 4 is 23.6 Å². The number of carbonyl (C=O) groups is 1. The van der Waals surface area contributed by atoms with E-state index in [0.717, 1.165) is 17.7 Å². The summed E-state index contributed by atoms with van der Waals surface area (Å²) in [6, 6.07) is 16.9. The molecule has 6 nitrogen and oxygen atoms in total. The molecule has 0 saturated carbocycles. The number of hydrogen-bond donors (Lipinski definition) is 0. The van der Waals surface area contributed by atoms with E-state index in [1.807, 2.05) is 49.4 Å². The molecule has 3 aromatic rings. The van der Waals surface area contributed by atoms with Gasteiger partial charge in [-0.05, 0) is 49.8 Å². The van der Waals surface area contributed by atoms with Gasteiger partial charge in [0.25, 0.3) is 0 Å². The summed E-state index contributed by atoms with van der Waals surface area (Å²) < 4.78 is 12.3. The molecule has 0 N–H and O–H groups in total. The number of nitrogens with zero attached hydrogens (tertiary/aromatic N) is 3. The first-order chi connectivity index (χ1) is 15.1. The largest absolute Gasteiger partial charge is 0.492 e. The number of hydrogen-bond acceptors (Lipinski definition) is 5. The van der Waals surface area contributed by atoms with Gasteiger partial charge in [0.15, 0.2) is 0 Å². The zero-order chi connectivity index (χ0) is 22.2. The second-order valence-electron chi connectivity index (χ2n) is 6.60. The topological polar surface area (TPSA) is 77.1 Å². The molecule has 7 heteroatoms. The Morgan fingerprint density at radius 2 is 2.00 bits per heavy atom. The molecule has 3 rings (SSSR count). The van der Waals surface area contributed by atoms with Crippen LogP contribution in [0.25, 0.3) is 23.0 Å². The van der Waals surface area contributed by atoms with Crippen LogP contribution in [0.3, 0.4) is 0 Å². The van der Waals surface area contributed by atoms with Gasteiger partial charge in [-0.25, -0.2) is 9.48 Å². The number of halogens is 1. The molecule has 0 aliphatic carbocycles. The summed E-state index contributed by atoms with van der Waals surface area (Å²) in [4.78, 5) is 12.1. The van der Waals surface area contributed by atoms with Gasteiger partial charge in [0.2, 0.25) is 0 Å². The van der Waals surface area contributed by atoms with Crippen LogP contribution in [0.5, 0.6) is 5.75 Å². The molecule has 31 heavy (non-hydrogen) atoms. The molecule has 0 aliphatic rings. The molecule has 0 bridgehead atoms. The first-order valence-corrected chi connectivity index (χ1v) is 10.3. The average Bonchev–Trinajstić information content (AvgIpc) is 3.21. The van der Waals surface area contributed by atoms with Gasteiger partial charge in [-0.2, -0.15) is 10.4 Å². The fraction of sp³-hybridized carbons (Fsp3) is 0.208. The number of para-hydroxylation sites is 1. The molecule has 0 aliphatic heterocycles. The third kappa shape index (κ3) is 5.33. The lowest BCUT2D eigenvalue weighted by Crippen LogP contribution is -2.06. The zero-order valence-electron chi connectivity index (χ0n) is 17.3. The van der Waals surface area contributed by atoms with Crippen LogP contribution >= 0.6 is 11.6 Å². The summed E-state index contributed by atoms with van der Waals surface area (Å²) in [6.07, 6.45) is 4.12. The number of aromatic nitrogens is 2. The highest BCUT2D eigenvalue weighted by Crippen LogP contribution is 2.32. The predicted molar refractivity (Wildman–Crippen MR) is 120 cm³/mol. The number of esters is 1. The second kappa shape index (κ2) is 10.5. The van der Waals surface area contributed by atoms with Gasteiger partial charge in [0.1, 0.15) is 23.1 Å². The average molecular weight is 436 g/mol. The van der Waals surface area contributed by atoms with Crippen LogP contribution < -0.4 is 4.74 Å². The lowest BCUT2D eigenvalue weighted by atomic mass is 10.1. The van der Waals surface area contributed by atoms with Crippen molar-refractivity contribution in [3.05, 3.63) is 70.9 Å². The summed E-state index contributed by atoms with van der Waals surface area (Å²) in [5, 5.41) is 14.6. The highest BCUT2D eigenvalue weighted by Gasteiger charge is 2.17. The lowest BCUT2D eigenvalue weighted by Gasteiger charge is -2.08. The minimum Gasteiger partial charge on any atom is -0.492 e. The zero-order valence-corrected chi connectivity index (χ0v) is 18.1. The minimum absolute atomic E-state index is 0.107. The first kappa shape index (κ1) is 22.1. The fourth-order valence-electron chi connectivity index (χ4n) is 2.91. The summed E-state index contributed by atoms with van der Waals surface area (Å²) in [7, 11) is 0. The molecule has 2 aromatic carbocycles. The second-order valence-corrected chi connectivity index (χ2v) is 7.00. The van der Waals surface area contributed by atoms with Crippen LogP contribution in [-0.4, -0.2) is 29.0 Å². The number of ether oxygens (including phenoxy) is 2. The predicted octanol–water partition coefficient (Wildman–Crippen LogP) is 5.45. The van der Waals surface area contributed by atoms with Gasteiger partial charge in [-0.1, -0.05) is 36.7 Å². The van der Waals surface area contributed by atoms with E-state index in [0.29, 0.717) is 28.6 Å². The normalized spacial score (nSPS) is 11.1. The quantitative estimate of drug-likeness (QED) is 0.267. The molecule has 0 radical (unpaired) electrons. The maximum Gasteiger partial charge on any atom is 0.348 e. The van der Waals surface area contributed by atoms with E-state index in [2.05, 4.69) is 5.10 Å². The van der Waals surface area contributed by atoms with E-state index in [-0.39, 0.29) is 12.2 Å². The molecule has 0 atom stereocenters. The maximum absolute atomic E-state index is 12.1. The van der Waals surface area contributed by atoms with E-state index in [9.17, 15) is 10.1 Å². The summed E-state index contributed by atoms with van der Waals surface area (Å²) >= 11 is 6.41. The van der Waals surface area contributed by atoms with Crippen molar-refractivity contribution in [2.24, 2.45) is 0 Å². The number of benzene rings is 2. The summed E-state index contributed by atoms with van der Waals surface area (Å²) in [5.74, 6) is -0.0826. The van der Waals surface area contributed by atoms with Crippen LogP contribution in [0.4, 0.5) is 0 Å². The number of rotatable bonds is 8. The Kier molecular flexibility index (Phi) is 7.47. The fourth-order valence-corrected chi connectivity index (χ4v) is 3.14. The summed E-state index contributed by atoms with van der Waals surface area (Å²) in [6.45, 7) is 4.47. The standard InChI is InChI=1S/C24H22ClN3O3/c1-3-12-31-22-11-10-17(14-21(22)25)23-19(13-18(15-26)24(29)30-4-2)16-28(27-23)20-8-6-5-7-9-20/h5-11,13-14,16H,3-4,12H2,1-2H3. The molecule has 0 saturated heterocycles. The molecule has 0 spiro atoms. The van der Waals surface area contributed by atoms with Crippen LogP contribution in [-0.2, 0) is 9.53 Å². The molecule has 1 heterocycles. The third-order valence-corrected chi connectivity index (χ3v) is 4.64. The molecular formula is C24H22ClN3O3. The number of carbonyl (C=O) groups excluding carboxylic acids is 1. The van der Waals surface area contributed by atoms with E-state index in [1.54, 1.807) is 29.9 Å². The van der Waals surface area contributed by atoms with Crippen molar-refractivity contribution < 1.29 is 14.3 Å². The van der Waals surface area contributed by atoms with Gasteiger partial charge in [0.05, 0.1) is 23.9 Å². The lowest BCUT2D eigenvalue weighted by molar-refractivity contribution is -0.137. The smallest absolute Gasteiger partial charge is 0.348 e. The SMILES string of the molecule is CCCOc1ccc(-c2nn(-c3ccccc3)cc2C=C(C#N)C(=O)OCC)cc1Cl. The van der Waals surface area contributed by atoms with Crippen LogP contribution in [0, 0.1) is 11.3 Å². The Morgan fingerprint density at radius 3 is 2.65 bits per heavy atom. The molecule has 1 aromatic heterocycles. The van der Waals surface area contributed by atoms with Crippen molar-refractivity contribution in [3.63, 3.8) is 0 Å². The van der Waals surface area contributed by atoms with Gasteiger partial charge in [-0.15, -0.1) is 0 Å². The van der Waals surface area contributed by atoms with Crippen molar-refractivity contribution in [2.45, 2.75) is 20.3 Å². The Hall–Kier alpha value is -3.56. The van der Waals surface area contributed by atoms with Gasteiger partial charge in [-0.3, -0.25) is 0 Å². The van der Waals surface area contributed by atoms with Crippen LogP contribution in [0.15, 0.2) is 60.3 Å². The highest BCUT2D eigenvalue weighted by molar-refractivity contribution is 6.32. The minimum atomic E-state index is -0.676. The maximum atomic E-state index is 12.1. The van der Waals surface area contributed by atoms with Crippen LogP contribution in [0.1, 0.15) is 25.8 Å². The van der Waals surface area contributed by atoms with Gasteiger partial charge in [0, 0.05) is 17.3 Å². The van der Waals surface area contributed by atoms with Gasteiger partial charge < -0.3 is 9.47 Å². The molecule has 158 valence electrons. The third-order valence-electron chi connectivity index (χ3n) is 4.35. The highest BCUT2D eigenvalue weighted by atomic mass is 35.5. The molecule has 0 fully saturated rings. The molecule has 0 amide bonds. The van der Waals surface area contributed by atoms with Crippen molar-refractivity contribution in [1.29, 1.82) is 5.26 Å². The van der Waals surface area contributed by atoms with E-state index < -0.39 is 5.97 Å². The first-order valence-electron chi connectivity index (χ1n) is 9.94. The molecule has 0 unspecified atom stereocenters. The van der Waals surface area contributed by atoms with E-state index in [4.69, 9.17) is 21.1 Å². The van der Waals surface area contributed by atoms with Crippen molar-refractivity contribution in [2.75, 3.05) is 13.2 Å². The van der Waals surface area contributed by atoms with E-state index in [1.165, 1.54) is 6.08 Å². The van der Waals surface area contributed by atoms with Crippen molar-refractivity contribution in [3.8, 4) is 28.8 Å². The summed E-state index contributed by atoms with van der Waals surface area (Å²) in [5.41, 5.74) is 2.63. The van der Waals surface area contributed by atoms with Crippen molar-refractivity contribution in [1.82, 2.24) is 9.78 Å². The monoisotopic (exact) mass is 435 g/mol. The van der Waals surface area contributed by atoms with E-state index >= 15 is 0 Å². The Balaban J connectivity index is 2.10. The Labute approximate surface area is 186 Å². The van der Waals surface area contributed by atoms with Crippen LogP contribution in [0.2, 0.25) is 5.02 Å². The number of nitriles is 1.